The van der Waals surface area contributed by atoms with Gasteiger partial charge in [0.25, 0.3) is 0 Å². The Morgan fingerprint density at radius 2 is 0.475 bits per heavy atom. The second kappa shape index (κ2) is 34.3. The van der Waals surface area contributed by atoms with Gasteiger partial charge in [0.2, 0.25) is 0 Å². The molecular weight excluding hydrogens is 760 g/mol. The van der Waals surface area contributed by atoms with Crippen LogP contribution in [0.1, 0.15) is 230 Å². The molecule has 0 fully saturated rings. The molecule has 0 amide bonds. The molecule has 0 atom stereocenters. The third-order valence-corrected chi connectivity index (χ3v) is 13.9. The second-order valence-electron chi connectivity index (χ2n) is 17.4. The van der Waals surface area contributed by atoms with Crippen molar-refractivity contribution >= 4 is 18.5 Å². The standard InChI is InChI=1S/C54H87O3PS/c1-4-7-10-13-16-19-22-25-28-31-34-49-37-43-52(44-38-49)55-58(59,56-53-45-39-50(40-46-53)35-32-29-26-23-20-17-14-11-8-5-2)57-54-47-41-51(42-48-54)36-33-30-27-24-21-18-15-12-9-6-3/h37-48H,4-36H2,1-3H3. The molecule has 3 rings (SSSR count). The first-order valence-electron chi connectivity index (χ1n) is 25.0. The van der Waals surface area contributed by atoms with Crippen LogP contribution in [0.3, 0.4) is 0 Å². The van der Waals surface area contributed by atoms with Gasteiger partial charge in [0.1, 0.15) is 17.2 Å². The van der Waals surface area contributed by atoms with Crippen LogP contribution in [-0.2, 0) is 31.1 Å². The van der Waals surface area contributed by atoms with Crippen molar-refractivity contribution in [2.24, 2.45) is 0 Å². The number of benzene rings is 3. The fraction of sp³-hybridized carbons (Fsp3) is 0.667. The molecule has 0 aliphatic carbocycles. The number of hydrogen-bond acceptors (Lipinski definition) is 4. The highest BCUT2D eigenvalue weighted by atomic mass is 32.5. The summed E-state index contributed by atoms with van der Waals surface area (Å²) in [6, 6.07) is 25.2. The van der Waals surface area contributed by atoms with E-state index in [4.69, 9.17) is 25.4 Å². The van der Waals surface area contributed by atoms with Crippen LogP contribution in [0, 0.1) is 0 Å². The lowest BCUT2D eigenvalue weighted by molar-refractivity contribution is 0.384. The third kappa shape index (κ3) is 25.9. The van der Waals surface area contributed by atoms with Crippen LogP contribution >= 0.6 is 6.72 Å². The van der Waals surface area contributed by atoms with E-state index < -0.39 is 6.72 Å². The maximum absolute atomic E-state index is 6.49. The Morgan fingerprint density at radius 1 is 0.288 bits per heavy atom. The first-order chi connectivity index (χ1) is 29.0. The molecule has 0 unspecified atom stereocenters. The third-order valence-electron chi connectivity index (χ3n) is 11.9. The molecule has 3 aromatic carbocycles. The smallest absolute Gasteiger partial charge is 0.407 e. The zero-order valence-electron chi connectivity index (χ0n) is 38.3. The minimum absolute atomic E-state index is 0.690. The average Bonchev–Trinajstić information content (AvgIpc) is 3.24. The monoisotopic (exact) mass is 847 g/mol. The summed E-state index contributed by atoms with van der Waals surface area (Å²) in [6.07, 6.45) is 43.9. The van der Waals surface area contributed by atoms with Gasteiger partial charge < -0.3 is 13.6 Å². The van der Waals surface area contributed by atoms with E-state index >= 15 is 0 Å². The van der Waals surface area contributed by atoms with Gasteiger partial charge in [-0.15, -0.1) is 0 Å². The molecule has 3 aromatic rings. The SMILES string of the molecule is CCCCCCCCCCCCc1ccc(OP(=S)(Oc2ccc(CCCCCCCCCCCC)cc2)Oc2ccc(CCCCCCCCCCCC)cc2)cc1. The first-order valence-corrected chi connectivity index (χ1v) is 27.5. The molecule has 0 aliphatic rings. The molecule has 59 heavy (non-hydrogen) atoms. The van der Waals surface area contributed by atoms with Gasteiger partial charge in [0.15, 0.2) is 0 Å². The molecule has 0 saturated carbocycles. The van der Waals surface area contributed by atoms with E-state index in [1.165, 1.54) is 209 Å². The predicted molar refractivity (Wildman–Crippen MR) is 262 cm³/mol. The lowest BCUT2D eigenvalue weighted by Gasteiger charge is -2.23. The largest absolute Gasteiger partial charge is 0.490 e. The second-order valence-corrected chi connectivity index (χ2v) is 20.2. The van der Waals surface area contributed by atoms with Crippen molar-refractivity contribution in [3.05, 3.63) is 89.5 Å². The van der Waals surface area contributed by atoms with Crippen LogP contribution in [-0.4, -0.2) is 0 Å². The number of rotatable bonds is 39. The molecule has 0 aromatic heterocycles. The lowest BCUT2D eigenvalue weighted by atomic mass is 10.0. The number of hydrogen-bond donors (Lipinski definition) is 0. The Morgan fingerprint density at radius 3 is 0.678 bits per heavy atom. The quantitative estimate of drug-likeness (QED) is 0.0422. The lowest BCUT2D eigenvalue weighted by Crippen LogP contribution is -2.07. The van der Waals surface area contributed by atoms with Gasteiger partial charge in [-0.3, -0.25) is 0 Å². The summed E-state index contributed by atoms with van der Waals surface area (Å²) < 4.78 is 19.5. The van der Waals surface area contributed by atoms with Gasteiger partial charge >= 0.3 is 6.72 Å². The predicted octanol–water partition coefficient (Wildman–Crippen LogP) is 18.8. The van der Waals surface area contributed by atoms with E-state index in [1.807, 2.05) is 36.4 Å². The normalized spacial score (nSPS) is 11.6. The minimum atomic E-state index is -3.24. The van der Waals surface area contributed by atoms with E-state index in [0.717, 1.165) is 19.3 Å². The van der Waals surface area contributed by atoms with Crippen molar-refractivity contribution in [2.75, 3.05) is 0 Å². The van der Waals surface area contributed by atoms with Crippen molar-refractivity contribution in [2.45, 2.75) is 233 Å². The summed E-state index contributed by atoms with van der Waals surface area (Å²) in [7, 11) is 0. The van der Waals surface area contributed by atoms with Gasteiger partial charge in [0.05, 0.1) is 0 Å². The highest BCUT2D eigenvalue weighted by molar-refractivity contribution is 8.08. The summed E-state index contributed by atoms with van der Waals surface area (Å²) >= 11 is 6.14. The zero-order chi connectivity index (χ0) is 41.9. The number of aryl methyl sites for hydroxylation is 3. The van der Waals surface area contributed by atoms with Gasteiger partial charge in [-0.05, 0) is 91.6 Å². The molecule has 0 saturated heterocycles. The number of unbranched alkanes of at least 4 members (excludes halogenated alkanes) is 27. The van der Waals surface area contributed by atoms with E-state index in [-0.39, 0.29) is 0 Å². The van der Waals surface area contributed by atoms with Crippen molar-refractivity contribution < 1.29 is 13.6 Å². The molecule has 332 valence electrons. The first kappa shape index (κ1) is 51.1. The summed E-state index contributed by atoms with van der Waals surface area (Å²) in [6.45, 7) is 3.63. The topological polar surface area (TPSA) is 27.7 Å². The van der Waals surface area contributed by atoms with Crippen molar-refractivity contribution in [3.63, 3.8) is 0 Å². The van der Waals surface area contributed by atoms with Gasteiger partial charge in [-0.1, -0.05) is 231 Å². The molecule has 0 heterocycles. The Balaban J connectivity index is 1.50. The van der Waals surface area contributed by atoms with E-state index in [2.05, 4.69) is 57.2 Å². The molecular formula is C54H87O3PS. The molecule has 0 bridgehead atoms. The summed E-state index contributed by atoms with van der Waals surface area (Å²) in [4.78, 5) is 0. The Kier molecular flexibility index (Phi) is 29.7. The Hall–Kier alpha value is -2.29. The van der Waals surface area contributed by atoms with Crippen LogP contribution in [0.5, 0.6) is 17.2 Å². The fourth-order valence-corrected chi connectivity index (χ4v) is 10.1. The zero-order valence-corrected chi connectivity index (χ0v) is 40.1. The summed E-state index contributed by atoms with van der Waals surface area (Å²) in [5.74, 6) is 2.07. The Bertz CT molecular complexity index is 1260. The molecule has 0 N–H and O–H groups in total. The van der Waals surface area contributed by atoms with Gasteiger partial charge in [-0.2, -0.15) is 0 Å². The summed E-state index contributed by atoms with van der Waals surface area (Å²) in [5.41, 5.74) is 4.01. The van der Waals surface area contributed by atoms with Crippen LogP contribution < -0.4 is 13.6 Å². The average molecular weight is 847 g/mol. The highest BCUT2D eigenvalue weighted by Gasteiger charge is 2.27. The van der Waals surface area contributed by atoms with E-state index in [0.29, 0.717) is 17.2 Å². The molecule has 0 radical (unpaired) electrons. The van der Waals surface area contributed by atoms with Crippen LogP contribution in [0.2, 0.25) is 0 Å². The van der Waals surface area contributed by atoms with Crippen molar-refractivity contribution in [1.82, 2.24) is 0 Å². The van der Waals surface area contributed by atoms with Crippen molar-refractivity contribution in [3.8, 4) is 17.2 Å². The van der Waals surface area contributed by atoms with Crippen LogP contribution in [0.15, 0.2) is 72.8 Å². The minimum Gasteiger partial charge on any atom is -0.407 e. The molecule has 0 spiro atoms. The maximum atomic E-state index is 6.49. The van der Waals surface area contributed by atoms with E-state index in [9.17, 15) is 0 Å². The van der Waals surface area contributed by atoms with Gasteiger partial charge in [-0.25, -0.2) is 0 Å². The fourth-order valence-electron chi connectivity index (χ4n) is 8.04. The van der Waals surface area contributed by atoms with E-state index in [1.54, 1.807) is 0 Å². The van der Waals surface area contributed by atoms with Crippen molar-refractivity contribution in [1.29, 1.82) is 0 Å². The molecule has 0 aliphatic heterocycles. The van der Waals surface area contributed by atoms with Gasteiger partial charge in [0, 0.05) is 11.8 Å². The molecule has 5 heteroatoms. The van der Waals surface area contributed by atoms with Crippen LogP contribution in [0.25, 0.3) is 0 Å². The van der Waals surface area contributed by atoms with Crippen LogP contribution in [0.4, 0.5) is 0 Å². The highest BCUT2D eigenvalue weighted by Crippen LogP contribution is 2.50. The molecule has 3 nitrogen and oxygen atoms in total. The summed E-state index contributed by atoms with van der Waals surface area (Å²) in [5, 5.41) is 0. The Labute approximate surface area is 369 Å². The maximum Gasteiger partial charge on any atom is 0.490 e.